The lowest BCUT2D eigenvalue weighted by Gasteiger charge is -2.10. The van der Waals surface area contributed by atoms with E-state index in [2.05, 4.69) is 10.2 Å². The first-order chi connectivity index (χ1) is 7.52. The summed E-state index contributed by atoms with van der Waals surface area (Å²) < 4.78 is 1.93. The van der Waals surface area contributed by atoms with E-state index in [1.165, 1.54) is 0 Å². The molecule has 0 aliphatic heterocycles. The van der Waals surface area contributed by atoms with Crippen molar-refractivity contribution in [3.05, 3.63) is 5.82 Å². The maximum atomic E-state index is 10.7. The molecule has 0 unspecified atom stereocenters. The summed E-state index contributed by atoms with van der Waals surface area (Å²) in [6.45, 7) is 1.90. The van der Waals surface area contributed by atoms with Gasteiger partial charge in [0.15, 0.2) is 5.16 Å². The average Bonchev–Trinajstić information content (AvgIpc) is 2.88. The second kappa shape index (κ2) is 4.08. The number of carboxylic acid groups (broad SMARTS) is 1. The van der Waals surface area contributed by atoms with Gasteiger partial charge in [-0.1, -0.05) is 11.8 Å². The summed E-state index contributed by atoms with van der Waals surface area (Å²) in [5.74, 6) is 1.00. The van der Waals surface area contributed by atoms with Gasteiger partial charge in [-0.05, 0) is 25.2 Å². The van der Waals surface area contributed by atoms with Crippen molar-refractivity contribution in [2.75, 3.05) is 5.75 Å². The number of hydrogen-bond acceptors (Lipinski definition) is 4. The van der Waals surface area contributed by atoms with Crippen LogP contribution >= 0.6 is 11.8 Å². The lowest BCUT2D eigenvalue weighted by molar-refractivity contribution is -0.138. The van der Waals surface area contributed by atoms with Gasteiger partial charge in [0.1, 0.15) is 5.82 Å². The number of carbonyl (C=O) groups is 1. The minimum Gasteiger partial charge on any atom is -0.481 e. The molecule has 0 saturated heterocycles. The summed E-state index contributed by atoms with van der Waals surface area (Å²) in [6, 6.07) is 0. The Bertz CT molecular complexity index is 412. The highest BCUT2D eigenvalue weighted by Crippen LogP contribution is 2.51. The normalized spacial score (nSPS) is 17.4. The van der Waals surface area contributed by atoms with Crippen LogP contribution in [0.25, 0.3) is 0 Å². The van der Waals surface area contributed by atoms with E-state index in [-0.39, 0.29) is 11.8 Å². The molecule has 0 atom stereocenters. The van der Waals surface area contributed by atoms with Crippen LogP contribution in [0.3, 0.4) is 0 Å². The first-order valence-corrected chi connectivity index (χ1v) is 6.22. The average molecular weight is 241 g/mol. The number of hydrogen-bond donors (Lipinski definition) is 1. The second-order valence-corrected chi connectivity index (χ2v) is 5.39. The van der Waals surface area contributed by atoms with Crippen molar-refractivity contribution >= 4 is 17.7 Å². The molecule has 1 aromatic rings. The Balaban J connectivity index is 1.93. The summed E-state index contributed by atoms with van der Waals surface area (Å²) in [4.78, 5) is 10.7. The maximum Gasteiger partial charge on any atom is 0.303 e. The topological polar surface area (TPSA) is 68.0 Å². The molecule has 6 heteroatoms. The van der Waals surface area contributed by atoms with Gasteiger partial charge >= 0.3 is 5.97 Å². The highest BCUT2D eigenvalue weighted by Gasteiger charge is 2.44. The molecule has 1 heterocycles. The van der Waals surface area contributed by atoms with Crippen molar-refractivity contribution in [2.45, 2.75) is 31.3 Å². The lowest BCUT2D eigenvalue weighted by Crippen LogP contribution is -2.11. The fourth-order valence-corrected chi connectivity index (χ4v) is 2.85. The number of aromatic nitrogens is 3. The summed E-state index contributed by atoms with van der Waals surface area (Å²) >= 11 is 1.61. The largest absolute Gasteiger partial charge is 0.481 e. The molecule has 1 aliphatic carbocycles. The van der Waals surface area contributed by atoms with Gasteiger partial charge in [-0.15, -0.1) is 10.2 Å². The molecular weight excluding hydrogens is 226 g/mol. The van der Waals surface area contributed by atoms with E-state index < -0.39 is 5.97 Å². The minimum atomic E-state index is -0.702. The predicted octanol–water partition coefficient (Wildman–Crippen LogP) is 1.47. The molecule has 0 aromatic carbocycles. The van der Waals surface area contributed by atoms with E-state index in [1.54, 1.807) is 11.8 Å². The van der Waals surface area contributed by atoms with E-state index in [1.807, 2.05) is 18.5 Å². The Kier molecular flexibility index (Phi) is 2.92. The molecule has 2 rings (SSSR count). The third-order valence-corrected chi connectivity index (χ3v) is 4.41. The molecule has 1 saturated carbocycles. The zero-order valence-electron chi connectivity index (χ0n) is 9.43. The molecule has 1 aliphatic rings. The van der Waals surface area contributed by atoms with E-state index in [4.69, 9.17) is 5.11 Å². The third kappa shape index (κ3) is 2.37. The molecule has 0 spiro atoms. The fraction of sp³-hybridized carbons (Fsp3) is 0.700. The Hall–Kier alpha value is -1.04. The maximum absolute atomic E-state index is 10.7. The van der Waals surface area contributed by atoms with Gasteiger partial charge in [0, 0.05) is 12.8 Å². The standard InChI is InChI=1S/C10H15N3O2S/c1-7-11-12-9(13(7)2)16-6-10(3-4-10)5-8(14)15/h3-6H2,1-2H3,(H,14,15). The Morgan fingerprint density at radius 2 is 2.25 bits per heavy atom. The third-order valence-electron chi connectivity index (χ3n) is 3.04. The predicted molar refractivity (Wildman–Crippen MR) is 60.4 cm³/mol. The highest BCUT2D eigenvalue weighted by molar-refractivity contribution is 7.99. The monoisotopic (exact) mass is 241 g/mol. The summed E-state index contributed by atoms with van der Waals surface area (Å²) in [7, 11) is 1.93. The Morgan fingerprint density at radius 1 is 1.56 bits per heavy atom. The highest BCUT2D eigenvalue weighted by atomic mass is 32.2. The summed E-state index contributed by atoms with van der Waals surface area (Å²) in [6.07, 6.45) is 2.31. The van der Waals surface area contributed by atoms with Crippen molar-refractivity contribution < 1.29 is 9.90 Å². The van der Waals surface area contributed by atoms with Gasteiger partial charge in [0.2, 0.25) is 0 Å². The lowest BCUT2D eigenvalue weighted by atomic mass is 10.1. The van der Waals surface area contributed by atoms with E-state index in [9.17, 15) is 4.79 Å². The van der Waals surface area contributed by atoms with Crippen molar-refractivity contribution in [1.82, 2.24) is 14.8 Å². The molecule has 1 N–H and O–H groups in total. The number of carboxylic acids is 1. The zero-order valence-corrected chi connectivity index (χ0v) is 10.3. The van der Waals surface area contributed by atoms with Gasteiger partial charge in [-0.25, -0.2) is 0 Å². The van der Waals surface area contributed by atoms with E-state index in [0.29, 0.717) is 0 Å². The first kappa shape index (κ1) is 11.4. The van der Waals surface area contributed by atoms with Gasteiger partial charge < -0.3 is 9.67 Å². The Morgan fingerprint density at radius 3 is 2.69 bits per heavy atom. The van der Waals surface area contributed by atoms with Crippen LogP contribution < -0.4 is 0 Å². The van der Waals surface area contributed by atoms with Crippen LogP contribution in [0, 0.1) is 12.3 Å². The minimum absolute atomic E-state index is 0.0103. The first-order valence-electron chi connectivity index (χ1n) is 5.23. The van der Waals surface area contributed by atoms with Crippen LogP contribution in [0.1, 0.15) is 25.1 Å². The van der Waals surface area contributed by atoms with Gasteiger partial charge in [-0.3, -0.25) is 4.79 Å². The van der Waals surface area contributed by atoms with Crippen LogP contribution in [0.5, 0.6) is 0 Å². The molecule has 1 fully saturated rings. The number of thioether (sulfide) groups is 1. The molecule has 1 aromatic heterocycles. The summed E-state index contributed by atoms with van der Waals surface area (Å²) in [5.41, 5.74) is 0.0103. The van der Waals surface area contributed by atoms with Gasteiger partial charge in [0.05, 0.1) is 6.42 Å². The molecule has 88 valence electrons. The van der Waals surface area contributed by atoms with Crippen LogP contribution in [0.15, 0.2) is 5.16 Å². The molecule has 0 amide bonds. The SMILES string of the molecule is Cc1nnc(SCC2(CC(=O)O)CC2)n1C. The second-order valence-electron chi connectivity index (χ2n) is 4.45. The number of aryl methyl sites for hydroxylation is 1. The number of nitrogens with zero attached hydrogens (tertiary/aromatic N) is 3. The quantitative estimate of drug-likeness (QED) is 0.791. The van der Waals surface area contributed by atoms with E-state index >= 15 is 0 Å². The van der Waals surface area contributed by atoms with E-state index in [0.717, 1.165) is 29.6 Å². The molecule has 16 heavy (non-hydrogen) atoms. The van der Waals surface area contributed by atoms with Crippen molar-refractivity contribution in [2.24, 2.45) is 12.5 Å². The smallest absolute Gasteiger partial charge is 0.303 e. The fourth-order valence-electron chi connectivity index (χ4n) is 1.60. The van der Waals surface area contributed by atoms with Crippen molar-refractivity contribution in [3.8, 4) is 0 Å². The molecule has 5 nitrogen and oxygen atoms in total. The summed E-state index contributed by atoms with van der Waals surface area (Å²) in [5, 5.41) is 17.7. The number of rotatable bonds is 5. The van der Waals surface area contributed by atoms with Crippen LogP contribution in [-0.4, -0.2) is 31.6 Å². The Labute approximate surface area is 98.3 Å². The zero-order chi connectivity index (χ0) is 11.8. The van der Waals surface area contributed by atoms with Crippen LogP contribution in [0.4, 0.5) is 0 Å². The van der Waals surface area contributed by atoms with Gasteiger partial charge in [0.25, 0.3) is 0 Å². The van der Waals surface area contributed by atoms with Crippen LogP contribution in [0.2, 0.25) is 0 Å². The molecular formula is C10H15N3O2S. The number of aliphatic carboxylic acids is 1. The van der Waals surface area contributed by atoms with Crippen LogP contribution in [-0.2, 0) is 11.8 Å². The van der Waals surface area contributed by atoms with Crippen molar-refractivity contribution in [1.29, 1.82) is 0 Å². The molecule has 0 radical (unpaired) electrons. The van der Waals surface area contributed by atoms with Gasteiger partial charge in [-0.2, -0.15) is 0 Å². The van der Waals surface area contributed by atoms with Crippen molar-refractivity contribution in [3.63, 3.8) is 0 Å². The molecule has 0 bridgehead atoms.